The number of ether oxygens (including phenoxy) is 1. The van der Waals surface area contributed by atoms with Crippen molar-refractivity contribution in [3.05, 3.63) is 54.1 Å². The van der Waals surface area contributed by atoms with Crippen molar-refractivity contribution in [3.8, 4) is 5.75 Å². The second-order valence-electron chi connectivity index (χ2n) is 5.87. The summed E-state index contributed by atoms with van der Waals surface area (Å²) in [5, 5.41) is 2.81. The molecule has 0 spiro atoms. The van der Waals surface area contributed by atoms with Crippen LogP contribution in [0.5, 0.6) is 5.75 Å². The van der Waals surface area contributed by atoms with Gasteiger partial charge in [-0.15, -0.1) is 11.8 Å². The highest BCUT2D eigenvalue weighted by molar-refractivity contribution is 7.98. The molecule has 142 valence electrons. The molecule has 0 saturated carbocycles. The second-order valence-corrected chi connectivity index (χ2v) is 6.72. The van der Waals surface area contributed by atoms with Gasteiger partial charge in [0.05, 0.1) is 12.2 Å². The van der Waals surface area contributed by atoms with Gasteiger partial charge >= 0.3 is 0 Å². The Bertz CT molecular complexity index is 821. The van der Waals surface area contributed by atoms with Crippen LogP contribution in [0.4, 0.5) is 5.69 Å². The third kappa shape index (κ3) is 6.14. The van der Waals surface area contributed by atoms with Gasteiger partial charge in [-0.3, -0.25) is 14.4 Å². The minimum atomic E-state index is -0.320. The largest absolute Gasteiger partial charge is 0.484 e. The molecule has 0 atom stereocenters. The first-order chi connectivity index (χ1) is 12.9. The zero-order valence-corrected chi connectivity index (χ0v) is 16.3. The fraction of sp³-hybridized carbons (Fsp3) is 0.250. The maximum Gasteiger partial charge on any atom is 0.260 e. The highest BCUT2D eigenvalue weighted by Gasteiger charge is 2.15. The molecule has 0 aliphatic rings. The molecule has 0 saturated heterocycles. The van der Waals surface area contributed by atoms with Gasteiger partial charge in [0.25, 0.3) is 5.91 Å². The molecule has 0 aliphatic heterocycles. The molecule has 27 heavy (non-hydrogen) atoms. The van der Waals surface area contributed by atoms with E-state index in [9.17, 15) is 14.4 Å². The van der Waals surface area contributed by atoms with E-state index in [1.807, 2.05) is 30.5 Å². The number of anilines is 1. The van der Waals surface area contributed by atoms with Gasteiger partial charge in [0.15, 0.2) is 12.4 Å². The van der Waals surface area contributed by atoms with Crippen molar-refractivity contribution in [1.29, 1.82) is 0 Å². The van der Waals surface area contributed by atoms with E-state index in [0.29, 0.717) is 11.3 Å². The molecule has 1 N–H and O–H groups in total. The summed E-state index contributed by atoms with van der Waals surface area (Å²) in [6.45, 7) is 1.22. The Morgan fingerprint density at radius 2 is 1.74 bits per heavy atom. The highest BCUT2D eigenvalue weighted by atomic mass is 32.2. The molecular formula is C20H22N2O4S. The summed E-state index contributed by atoms with van der Waals surface area (Å²) >= 11 is 1.53. The summed E-state index contributed by atoms with van der Waals surface area (Å²) in [5.74, 6) is -0.149. The fourth-order valence-corrected chi connectivity index (χ4v) is 2.84. The number of Topliss-reactive ketones (excluding diaryl/α,β-unsaturated/α-hetero) is 1. The lowest BCUT2D eigenvalue weighted by Crippen LogP contribution is -2.37. The van der Waals surface area contributed by atoms with Crippen LogP contribution in [0.3, 0.4) is 0 Å². The minimum absolute atomic E-state index is 0.0357. The molecule has 2 aromatic carbocycles. The number of amides is 2. The van der Waals surface area contributed by atoms with Crippen LogP contribution in [0, 0.1) is 0 Å². The Morgan fingerprint density at radius 3 is 2.37 bits per heavy atom. The Kier molecular flexibility index (Phi) is 7.43. The number of hydrogen-bond acceptors (Lipinski definition) is 5. The van der Waals surface area contributed by atoms with E-state index in [1.165, 1.54) is 23.6 Å². The summed E-state index contributed by atoms with van der Waals surface area (Å²) in [6.07, 6.45) is 1.93. The summed E-state index contributed by atoms with van der Waals surface area (Å²) < 4.78 is 5.42. The number of rotatable bonds is 8. The van der Waals surface area contributed by atoms with Crippen LogP contribution in [-0.4, -0.2) is 49.0 Å². The number of thioether (sulfide) groups is 1. The molecule has 0 fully saturated rings. The molecule has 2 amide bonds. The first-order valence-electron chi connectivity index (χ1n) is 8.31. The summed E-state index contributed by atoms with van der Waals surface area (Å²) in [4.78, 5) is 37.9. The lowest BCUT2D eigenvalue weighted by molar-refractivity contribution is -0.135. The van der Waals surface area contributed by atoms with Crippen molar-refractivity contribution in [3.63, 3.8) is 0 Å². The van der Waals surface area contributed by atoms with Crippen LogP contribution in [0.2, 0.25) is 0 Å². The zero-order chi connectivity index (χ0) is 19.8. The van der Waals surface area contributed by atoms with E-state index in [1.54, 1.807) is 31.3 Å². The monoisotopic (exact) mass is 386 g/mol. The van der Waals surface area contributed by atoms with Crippen LogP contribution in [0.1, 0.15) is 17.3 Å². The third-order valence-corrected chi connectivity index (χ3v) is 4.61. The summed E-state index contributed by atoms with van der Waals surface area (Å²) in [7, 11) is 1.55. The average molecular weight is 386 g/mol. The summed E-state index contributed by atoms with van der Waals surface area (Å²) in [6, 6.07) is 14.0. The van der Waals surface area contributed by atoms with Gasteiger partial charge in [-0.1, -0.05) is 12.1 Å². The van der Waals surface area contributed by atoms with Crippen molar-refractivity contribution < 1.29 is 19.1 Å². The molecule has 2 aromatic rings. The van der Waals surface area contributed by atoms with Gasteiger partial charge in [-0.25, -0.2) is 0 Å². The van der Waals surface area contributed by atoms with Gasteiger partial charge in [0.1, 0.15) is 5.75 Å². The molecule has 2 rings (SSSR count). The second kappa shape index (κ2) is 9.78. The topological polar surface area (TPSA) is 75.7 Å². The average Bonchev–Trinajstić information content (AvgIpc) is 2.66. The number of benzene rings is 2. The molecule has 0 heterocycles. The number of carbonyl (C=O) groups is 3. The van der Waals surface area contributed by atoms with E-state index in [-0.39, 0.29) is 30.7 Å². The maximum absolute atomic E-state index is 12.2. The van der Waals surface area contributed by atoms with E-state index >= 15 is 0 Å². The predicted octanol–water partition coefficient (Wildman–Crippen LogP) is 3.09. The van der Waals surface area contributed by atoms with Crippen LogP contribution in [-0.2, 0) is 9.59 Å². The van der Waals surface area contributed by atoms with Crippen LogP contribution in [0.15, 0.2) is 53.4 Å². The number of likely N-dealkylation sites (N-methyl/N-ethyl adjacent to an activating group) is 1. The highest BCUT2D eigenvalue weighted by Crippen LogP contribution is 2.24. The minimum Gasteiger partial charge on any atom is -0.484 e. The Hall–Kier alpha value is -2.80. The quantitative estimate of drug-likeness (QED) is 0.557. The van der Waals surface area contributed by atoms with Crippen LogP contribution < -0.4 is 10.1 Å². The molecule has 6 nitrogen and oxygen atoms in total. The van der Waals surface area contributed by atoms with Gasteiger partial charge in [-0.05, 0) is 49.6 Å². The summed E-state index contributed by atoms with van der Waals surface area (Å²) in [5.41, 5.74) is 1.30. The van der Waals surface area contributed by atoms with Crippen molar-refractivity contribution >= 4 is 35.0 Å². The standard InChI is InChI=1S/C20H22N2O4S/c1-14(23)15-8-10-16(11-9-15)26-13-20(25)22(2)12-19(24)21-17-6-4-5-7-18(17)27-3/h4-11H,12-13H2,1-3H3,(H,21,24). The Morgan fingerprint density at radius 1 is 1.07 bits per heavy atom. The Labute approximate surface area is 162 Å². The molecule has 0 bridgehead atoms. The predicted molar refractivity (Wildman–Crippen MR) is 106 cm³/mol. The van der Waals surface area contributed by atoms with E-state index in [4.69, 9.17) is 4.74 Å². The van der Waals surface area contributed by atoms with Crippen LogP contribution >= 0.6 is 11.8 Å². The molecule has 0 radical (unpaired) electrons. The lowest BCUT2D eigenvalue weighted by atomic mass is 10.1. The van der Waals surface area contributed by atoms with Gasteiger partial charge in [0.2, 0.25) is 5.91 Å². The molecular weight excluding hydrogens is 364 g/mol. The van der Waals surface area contributed by atoms with Gasteiger partial charge in [-0.2, -0.15) is 0 Å². The zero-order valence-electron chi connectivity index (χ0n) is 15.5. The van der Waals surface area contributed by atoms with Crippen molar-refractivity contribution in [2.75, 3.05) is 31.8 Å². The van der Waals surface area contributed by atoms with Crippen molar-refractivity contribution in [2.24, 2.45) is 0 Å². The number of ketones is 1. The number of para-hydroxylation sites is 1. The molecule has 0 aromatic heterocycles. The fourth-order valence-electron chi connectivity index (χ4n) is 2.28. The maximum atomic E-state index is 12.2. The molecule has 0 aliphatic carbocycles. The Balaban J connectivity index is 1.84. The van der Waals surface area contributed by atoms with Gasteiger partial charge < -0.3 is 15.0 Å². The lowest BCUT2D eigenvalue weighted by Gasteiger charge is -2.18. The van der Waals surface area contributed by atoms with E-state index in [0.717, 1.165) is 10.6 Å². The first kappa shape index (κ1) is 20.5. The third-order valence-electron chi connectivity index (χ3n) is 3.81. The number of hydrogen-bond donors (Lipinski definition) is 1. The molecule has 0 unspecified atom stereocenters. The SMILES string of the molecule is CSc1ccccc1NC(=O)CN(C)C(=O)COc1ccc(C(C)=O)cc1. The number of nitrogens with one attached hydrogen (secondary N) is 1. The van der Waals surface area contributed by atoms with Crippen LogP contribution in [0.25, 0.3) is 0 Å². The normalized spacial score (nSPS) is 10.2. The first-order valence-corrected chi connectivity index (χ1v) is 9.54. The molecule has 7 heteroatoms. The van der Waals surface area contributed by atoms with Gasteiger partial charge in [0, 0.05) is 17.5 Å². The van der Waals surface area contributed by atoms with Crippen molar-refractivity contribution in [1.82, 2.24) is 4.90 Å². The smallest absolute Gasteiger partial charge is 0.260 e. The number of carbonyl (C=O) groups excluding carboxylic acids is 3. The number of nitrogens with zero attached hydrogens (tertiary/aromatic N) is 1. The van der Waals surface area contributed by atoms with E-state index < -0.39 is 0 Å². The van der Waals surface area contributed by atoms with E-state index in [2.05, 4.69) is 5.32 Å². The van der Waals surface area contributed by atoms with Crippen molar-refractivity contribution in [2.45, 2.75) is 11.8 Å².